The van der Waals surface area contributed by atoms with Crippen molar-refractivity contribution in [3.05, 3.63) is 33.9 Å². The normalized spacial score (nSPS) is 9.94. The number of nitro benzene ring substituents is 1. The zero-order valence-corrected chi connectivity index (χ0v) is 8.20. The van der Waals surface area contributed by atoms with E-state index >= 15 is 0 Å². The predicted octanol–water partition coefficient (Wildman–Crippen LogP) is 2.19. The van der Waals surface area contributed by atoms with Crippen molar-refractivity contribution in [3.8, 4) is 5.75 Å². The van der Waals surface area contributed by atoms with Crippen LogP contribution in [0.15, 0.2) is 12.1 Å². The third-order valence-corrected chi connectivity index (χ3v) is 1.71. The third-order valence-electron chi connectivity index (χ3n) is 1.71. The highest BCUT2D eigenvalue weighted by molar-refractivity contribution is 5.72. The third kappa shape index (κ3) is 2.50. The smallest absolute Gasteiger partial charge is 0.311 e. The van der Waals surface area contributed by atoms with Gasteiger partial charge >= 0.3 is 11.7 Å². The average molecular weight is 231 g/mol. The molecule has 0 aliphatic carbocycles. The first kappa shape index (κ1) is 12.0. The molecule has 0 saturated carbocycles. The fraction of sp³-hybridized carbons (Fsp3) is 0.222. The fourth-order valence-electron chi connectivity index (χ4n) is 0.931. The molecule has 0 aromatic heterocycles. The second-order valence-corrected chi connectivity index (χ2v) is 2.82. The van der Waals surface area contributed by atoms with E-state index in [0.717, 1.165) is 0 Å². The Kier molecular flexibility index (Phi) is 3.49. The molecule has 0 amide bonds. The lowest BCUT2D eigenvalue weighted by molar-refractivity contribution is -0.387. The van der Waals surface area contributed by atoms with E-state index in [1.54, 1.807) is 0 Å². The Balaban J connectivity index is 3.14. The van der Waals surface area contributed by atoms with Gasteiger partial charge in [-0.25, -0.2) is 4.39 Å². The Morgan fingerprint density at radius 2 is 2.06 bits per heavy atom. The number of benzene rings is 1. The van der Waals surface area contributed by atoms with E-state index in [1.165, 1.54) is 6.92 Å². The maximum Gasteiger partial charge on any atom is 0.311 e. The van der Waals surface area contributed by atoms with Gasteiger partial charge in [0.05, 0.1) is 11.0 Å². The number of esters is 1. The maximum atomic E-state index is 13.1. The van der Waals surface area contributed by atoms with Gasteiger partial charge in [-0.15, -0.1) is 0 Å². The number of nitrogens with zero attached hydrogens (tertiary/aromatic N) is 1. The SMILES string of the molecule is CCC(=O)Oc1cc([N+](=O)[O-])c(F)cc1F. The van der Waals surface area contributed by atoms with Crippen molar-refractivity contribution in [2.45, 2.75) is 13.3 Å². The van der Waals surface area contributed by atoms with Crippen LogP contribution in [0.5, 0.6) is 5.75 Å². The number of carbonyl (C=O) groups is 1. The van der Waals surface area contributed by atoms with Gasteiger partial charge in [-0.3, -0.25) is 14.9 Å². The molecule has 0 spiro atoms. The van der Waals surface area contributed by atoms with Crippen LogP contribution in [-0.2, 0) is 4.79 Å². The molecule has 0 bridgehead atoms. The summed E-state index contributed by atoms with van der Waals surface area (Å²) in [5.41, 5.74) is -0.944. The van der Waals surface area contributed by atoms with Crippen molar-refractivity contribution in [2.24, 2.45) is 0 Å². The van der Waals surface area contributed by atoms with Gasteiger partial charge in [0.1, 0.15) is 0 Å². The van der Waals surface area contributed by atoms with Crippen LogP contribution in [0.2, 0.25) is 0 Å². The molecule has 86 valence electrons. The van der Waals surface area contributed by atoms with Crippen LogP contribution in [0.25, 0.3) is 0 Å². The van der Waals surface area contributed by atoms with E-state index in [2.05, 4.69) is 4.74 Å². The van der Waals surface area contributed by atoms with Gasteiger partial charge in [0.15, 0.2) is 11.6 Å². The summed E-state index contributed by atoms with van der Waals surface area (Å²) in [6, 6.07) is 0.842. The first-order valence-corrected chi connectivity index (χ1v) is 4.29. The average Bonchev–Trinajstić information content (AvgIpc) is 2.21. The molecule has 0 radical (unpaired) electrons. The molecule has 16 heavy (non-hydrogen) atoms. The molecule has 0 N–H and O–H groups in total. The van der Waals surface area contributed by atoms with Crippen molar-refractivity contribution in [1.29, 1.82) is 0 Å². The van der Waals surface area contributed by atoms with E-state index in [1.807, 2.05) is 0 Å². The Hall–Kier alpha value is -2.05. The van der Waals surface area contributed by atoms with Gasteiger partial charge in [0, 0.05) is 12.5 Å². The number of carbonyl (C=O) groups excluding carboxylic acids is 1. The van der Waals surface area contributed by atoms with Gasteiger partial charge in [-0.2, -0.15) is 4.39 Å². The zero-order valence-electron chi connectivity index (χ0n) is 8.20. The molecule has 0 aliphatic rings. The van der Waals surface area contributed by atoms with Crippen LogP contribution in [0.1, 0.15) is 13.3 Å². The quantitative estimate of drug-likeness (QED) is 0.346. The molecule has 1 rings (SSSR count). The molecule has 0 saturated heterocycles. The fourth-order valence-corrected chi connectivity index (χ4v) is 0.931. The topological polar surface area (TPSA) is 69.4 Å². The van der Waals surface area contributed by atoms with E-state index < -0.39 is 34.0 Å². The van der Waals surface area contributed by atoms with Crippen molar-refractivity contribution in [2.75, 3.05) is 0 Å². The Labute approximate surface area is 88.8 Å². The van der Waals surface area contributed by atoms with Crippen molar-refractivity contribution in [3.63, 3.8) is 0 Å². The van der Waals surface area contributed by atoms with Gasteiger partial charge < -0.3 is 4.74 Å². The lowest BCUT2D eigenvalue weighted by atomic mass is 10.3. The summed E-state index contributed by atoms with van der Waals surface area (Å²) in [5, 5.41) is 10.3. The van der Waals surface area contributed by atoms with Crippen LogP contribution in [0.4, 0.5) is 14.5 Å². The molecular weight excluding hydrogens is 224 g/mol. The van der Waals surface area contributed by atoms with Crippen molar-refractivity contribution >= 4 is 11.7 Å². The van der Waals surface area contributed by atoms with Crippen LogP contribution >= 0.6 is 0 Å². The second kappa shape index (κ2) is 4.65. The molecular formula is C9H7F2NO4. The first-order chi connectivity index (χ1) is 7.45. The second-order valence-electron chi connectivity index (χ2n) is 2.82. The number of rotatable bonds is 3. The summed E-state index contributed by atoms with van der Waals surface area (Å²) in [7, 11) is 0. The van der Waals surface area contributed by atoms with Crippen molar-refractivity contribution < 1.29 is 23.2 Å². The molecule has 1 aromatic rings. The highest BCUT2D eigenvalue weighted by Gasteiger charge is 2.20. The molecule has 0 heterocycles. The molecule has 7 heteroatoms. The first-order valence-electron chi connectivity index (χ1n) is 4.29. The highest BCUT2D eigenvalue weighted by Crippen LogP contribution is 2.26. The molecule has 0 fully saturated rings. The molecule has 0 unspecified atom stereocenters. The monoisotopic (exact) mass is 231 g/mol. The molecule has 5 nitrogen and oxygen atoms in total. The lowest BCUT2D eigenvalue weighted by Crippen LogP contribution is -2.07. The zero-order chi connectivity index (χ0) is 12.3. The van der Waals surface area contributed by atoms with E-state index in [-0.39, 0.29) is 6.42 Å². The Bertz CT molecular complexity index is 447. The van der Waals surface area contributed by atoms with Gasteiger partial charge in [-0.05, 0) is 0 Å². The summed E-state index contributed by atoms with van der Waals surface area (Å²) < 4.78 is 30.4. The van der Waals surface area contributed by atoms with Crippen molar-refractivity contribution in [1.82, 2.24) is 0 Å². The highest BCUT2D eigenvalue weighted by atomic mass is 19.1. The lowest BCUT2D eigenvalue weighted by Gasteiger charge is -2.04. The molecule has 1 aromatic carbocycles. The van der Waals surface area contributed by atoms with Gasteiger partial charge in [0.25, 0.3) is 0 Å². The summed E-state index contributed by atoms with van der Waals surface area (Å²) >= 11 is 0. The summed E-state index contributed by atoms with van der Waals surface area (Å²) in [5.74, 6) is -3.90. The van der Waals surface area contributed by atoms with Gasteiger partial charge in [-0.1, -0.05) is 6.92 Å². The predicted molar refractivity (Wildman–Crippen MR) is 48.9 cm³/mol. The van der Waals surface area contributed by atoms with Crippen LogP contribution < -0.4 is 4.74 Å². The number of hydrogen-bond acceptors (Lipinski definition) is 4. The summed E-state index contributed by atoms with van der Waals surface area (Å²) in [4.78, 5) is 20.2. The van der Waals surface area contributed by atoms with E-state index in [4.69, 9.17) is 0 Å². The molecule has 0 atom stereocenters. The van der Waals surface area contributed by atoms with E-state index in [0.29, 0.717) is 12.1 Å². The van der Waals surface area contributed by atoms with Crippen LogP contribution in [0, 0.1) is 21.7 Å². The minimum Gasteiger partial charge on any atom is -0.423 e. The number of halogens is 2. The minimum atomic E-state index is -1.32. The van der Waals surface area contributed by atoms with Crippen LogP contribution in [-0.4, -0.2) is 10.9 Å². The standard InChI is InChI=1S/C9H7F2NO4/c1-2-9(13)16-8-4-7(12(14)15)5(10)3-6(8)11/h3-4H,2H2,1H3. The largest absolute Gasteiger partial charge is 0.423 e. The Morgan fingerprint density at radius 1 is 1.44 bits per heavy atom. The maximum absolute atomic E-state index is 13.1. The number of nitro groups is 1. The minimum absolute atomic E-state index is 0.0232. The van der Waals surface area contributed by atoms with Gasteiger partial charge in [0.2, 0.25) is 5.82 Å². The molecule has 0 aliphatic heterocycles. The number of ether oxygens (including phenoxy) is 1. The van der Waals surface area contributed by atoms with Crippen LogP contribution in [0.3, 0.4) is 0 Å². The summed E-state index contributed by atoms with van der Waals surface area (Å²) in [6.07, 6.45) is -0.0232. The van der Waals surface area contributed by atoms with E-state index in [9.17, 15) is 23.7 Å². The number of hydrogen-bond donors (Lipinski definition) is 0. The Morgan fingerprint density at radius 3 is 2.56 bits per heavy atom. The summed E-state index contributed by atoms with van der Waals surface area (Å²) in [6.45, 7) is 1.47.